The van der Waals surface area contributed by atoms with Crippen molar-refractivity contribution in [2.75, 3.05) is 20.2 Å². The van der Waals surface area contributed by atoms with Gasteiger partial charge in [-0.15, -0.1) is 0 Å². The molecule has 2 heterocycles. The van der Waals surface area contributed by atoms with E-state index >= 15 is 0 Å². The molecule has 6 nitrogen and oxygen atoms in total. The summed E-state index contributed by atoms with van der Waals surface area (Å²) in [5.41, 5.74) is 1.40. The zero-order chi connectivity index (χ0) is 17.8. The van der Waals surface area contributed by atoms with Crippen molar-refractivity contribution in [3.05, 3.63) is 51.8 Å². The summed E-state index contributed by atoms with van der Waals surface area (Å²) in [6.07, 6.45) is 4.17. The molecule has 1 fully saturated rings. The number of likely N-dealkylation sites (tertiary alicyclic amines) is 1. The fraction of sp³-hybridized carbons (Fsp3) is 0.421. The van der Waals surface area contributed by atoms with Gasteiger partial charge in [-0.3, -0.25) is 9.59 Å². The monoisotopic (exact) mass is 341 g/mol. The van der Waals surface area contributed by atoms with E-state index in [0.29, 0.717) is 19.0 Å². The Labute approximate surface area is 147 Å². The molecule has 1 aromatic carbocycles. The number of amides is 1. The van der Waals surface area contributed by atoms with Crippen LogP contribution in [0.4, 0.5) is 0 Å². The second-order valence-corrected chi connectivity index (χ2v) is 6.35. The lowest BCUT2D eigenvalue weighted by Crippen LogP contribution is -2.36. The molecule has 0 saturated carbocycles. The van der Waals surface area contributed by atoms with Gasteiger partial charge < -0.3 is 9.64 Å². The summed E-state index contributed by atoms with van der Waals surface area (Å²) >= 11 is 0. The van der Waals surface area contributed by atoms with E-state index in [1.165, 1.54) is 17.9 Å². The van der Waals surface area contributed by atoms with Crippen molar-refractivity contribution in [3.63, 3.8) is 0 Å². The molecule has 0 N–H and O–H groups in total. The molecule has 1 aliphatic heterocycles. The Morgan fingerprint density at radius 1 is 1.08 bits per heavy atom. The van der Waals surface area contributed by atoms with Gasteiger partial charge in [0.15, 0.2) is 5.69 Å². The van der Waals surface area contributed by atoms with E-state index in [9.17, 15) is 9.59 Å². The zero-order valence-corrected chi connectivity index (χ0v) is 14.7. The normalized spacial score (nSPS) is 14.9. The zero-order valence-electron chi connectivity index (χ0n) is 14.7. The fourth-order valence-electron chi connectivity index (χ4n) is 3.03. The molecule has 1 saturated heterocycles. The molecule has 1 aliphatic rings. The van der Waals surface area contributed by atoms with Gasteiger partial charge in [0.2, 0.25) is 11.3 Å². The molecule has 2 aromatic rings. The van der Waals surface area contributed by atoms with E-state index in [1.807, 2.05) is 31.2 Å². The highest BCUT2D eigenvalue weighted by Gasteiger charge is 2.23. The Balaban J connectivity index is 2.02. The Kier molecular flexibility index (Phi) is 5.16. The van der Waals surface area contributed by atoms with Crippen molar-refractivity contribution < 1.29 is 9.53 Å². The van der Waals surface area contributed by atoms with Crippen LogP contribution in [0.2, 0.25) is 0 Å². The Morgan fingerprint density at radius 2 is 1.72 bits per heavy atom. The molecule has 0 atom stereocenters. The van der Waals surface area contributed by atoms with Gasteiger partial charge in [-0.05, 0) is 31.9 Å². The molecule has 6 heteroatoms. The standard InChI is InChI=1S/C19H23N3O3/c1-14-7-9-15(10-8-14)22-17(25-2)13-16(23)18(20-22)19(24)21-11-5-3-4-6-12-21/h7-10,13H,3-6,11-12H2,1-2H3. The first kappa shape index (κ1) is 17.2. The van der Waals surface area contributed by atoms with Crippen LogP contribution < -0.4 is 10.2 Å². The van der Waals surface area contributed by atoms with E-state index in [-0.39, 0.29) is 11.6 Å². The minimum absolute atomic E-state index is 0.0525. The maximum absolute atomic E-state index is 12.8. The molecule has 1 aromatic heterocycles. The Morgan fingerprint density at radius 3 is 2.32 bits per heavy atom. The molecular formula is C19H23N3O3. The third kappa shape index (κ3) is 3.73. The summed E-state index contributed by atoms with van der Waals surface area (Å²) in [4.78, 5) is 27.0. The summed E-state index contributed by atoms with van der Waals surface area (Å²) in [5, 5.41) is 4.34. The number of benzene rings is 1. The lowest BCUT2D eigenvalue weighted by Gasteiger charge is -2.20. The average molecular weight is 341 g/mol. The third-order valence-electron chi connectivity index (χ3n) is 4.48. The molecule has 1 amide bonds. The number of nitrogens with zero attached hydrogens (tertiary/aromatic N) is 3. The van der Waals surface area contributed by atoms with Crippen LogP contribution in [0.15, 0.2) is 35.1 Å². The van der Waals surface area contributed by atoms with Crippen LogP contribution in [0, 0.1) is 6.92 Å². The van der Waals surface area contributed by atoms with Gasteiger partial charge in [0.25, 0.3) is 5.91 Å². The van der Waals surface area contributed by atoms with Crippen LogP contribution in [0.25, 0.3) is 5.69 Å². The Hall–Kier alpha value is -2.63. The molecule has 0 spiro atoms. The summed E-state index contributed by atoms with van der Waals surface area (Å²) in [7, 11) is 1.48. The van der Waals surface area contributed by atoms with Crippen molar-refractivity contribution in [3.8, 4) is 11.6 Å². The van der Waals surface area contributed by atoms with Crippen LogP contribution in [-0.4, -0.2) is 40.8 Å². The van der Waals surface area contributed by atoms with Crippen LogP contribution in [0.1, 0.15) is 41.7 Å². The summed E-state index contributed by atoms with van der Waals surface area (Å²) in [6.45, 7) is 3.35. The molecule has 132 valence electrons. The van der Waals surface area contributed by atoms with Gasteiger partial charge in [-0.1, -0.05) is 30.5 Å². The third-order valence-corrected chi connectivity index (χ3v) is 4.48. The largest absolute Gasteiger partial charge is 0.481 e. The smallest absolute Gasteiger partial charge is 0.278 e. The second-order valence-electron chi connectivity index (χ2n) is 6.35. The maximum atomic E-state index is 12.8. The number of methoxy groups -OCH3 is 1. The SMILES string of the molecule is COc1cc(=O)c(C(=O)N2CCCCCC2)nn1-c1ccc(C)cc1. The lowest BCUT2D eigenvalue weighted by atomic mass is 10.2. The molecule has 0 bridgehead atoms. The summed E-state index contributed by atoms with van der Waals surface area (Å²) < 4.78 is 6.79. The molecule has 0 aliphatic carbocycles. The number of hydrogen-bond acceptors (Lipinski definition) is 4. The van der Waals surface area contributed by atoms with Gasteiger partial charge >= 0.3 is 0 Å². The number of carbonyl (C=O) groups is 1. The van der Waals surface area contributed by atoms with E-state index in [4.69, 9.17) is 4.74 Å². The fourth-order valence-corrected chi connectivity index (χ4v) is 3.03. The topological polar surface area (TPSA) is 64.4 Å². The van der Waals surface area contributed by atoms with Crippen LogP contribution in [0.5, 0.6) is 5.88 Å². The van der Waals surface area contributed by atoms with Crippen molar-refractivity contribution in [1.29, 1.82) is 0 Å². The van der Waals surface area contributed by atoms with E-state index in [2.05, 4.69) is 5.10 Å². The number of rotatable bonds is 3. The average Bonchev–Trinajstić information content (AvgIpc) is 2.91. The van der Waals surface area contributed by atoms with Crippen LogP contribution in [0.3, 0.4) is 0 Å². The first-order chi connectivity index (χ1) is 12.1. The van der Waals surface area contributed by atoms with Gasteiger partial charge in [0.05, 0.1) is 18.9 Å². The van der Waals surface area contributed by atoms with Gasteiger partial charge in [0, 0.05) is 13.1 Å². The van der Waals surface area contributed by atoms with E-state index < -0.39 is 5.43 Å². The summed E-state index contributed by atoms with van der Waals surface area (Å²) in [5.74, 6) is 0.0108. The summed E-state index contributed by atoms with van der Waals surface area (Å²) in [6, 6.07) is 9.00. The molecule has 3 rings (SSSR count). The van der Waals surface area contributed by atoms with Crippen LogP contribution in [-0.2, 0) is 0 Å². The number of carbonyl (C=O) groups excluding carboxylic acids is 1. The van der Waals surface area contributed by atoms with Gasteiger partial charge in [-0.25, -0.2) is 4.68 Å². The predicted molar refractivity (Wildman–Crippen MR) is 95.5 cm³/mol. The highest BCUT2D eigenvalue weighted by atomic mass is 16.5. The molecule has 25 heavy (non-hydrogen) atoms. The van der Waals surface area contributed by atoms with Gasteiger partial charge in [-0.2, -0.15) is 5.10 Å². The maximum Gasteiger partial charge on any atom is 0.278 e. The van der Waals surface area contributed by atoms with E-state index in [1.54, 1.807) is 4.90 Å². The van der Waals surface area contributed by atoms with E-state index in [0.717, 1.165) is 36.9 Å². The minimum Gasteiger partial charge on any atom is -0.481 e. The predicted octanol–water partition coefficient (Wildman–Crippen LogP) is 2.57. The highest BCUT2D eigenvalue weighted by Crippen LogP contribution is 2.17. The molecular weight excluding hydrogens is 318 g/mol. The highest BCUT2D eigenvalue weighted by molar-refractivity contribution is 5.92. The van der Waals surface area contributed by atoms with Crippen molar-refractivity contribution in [2.45, 2.75) is 32.6 Å². The van der Waals surface area contributed by atoms with Crippen molar-refractivity contribution in [1.82, 2.24) is 14.7 Å². The van der Waals surface area contributed by atoms with Crippen molar-refractivity contribution >= 4 is 5.91 Å². The van der Waals surface area contributed by atoms with Crippen LogP contribution >= 0.6 is 0 Å². The number of ether oxygens (including phenoxy) is 1. The number of aromatic nitrogens is 2. The molecule has 0 unspecified atom stereocenters. The van der Waals surface area contributed by atoms with Crippen molar-refractivity contribution in [2.24, 2.45) is 0 Å². The second kappa shape index (κ2) is 7.51. The quantitative estimate of drug-likeness (QED) is 0.861. The first-order valence-corrected chi connectivity index (χ1v) is 8.65. The first-order valence-electron chi connectivity index (χ1n) is 8.65. The Bertz CT molecular complexity index is 804. The molecule has 0 radical (unpaired) electrons. The lowest BCUT2D eigenvalue weighted by molar-refractivity contribution is 0.0752. The number of aryl methyl sites for hydroxylation is 1. The number of hydrogen-bond donors (Lipinski definition) is 0. The van der Waals surface area contributed by atoms with Gasteiger partial charge in [0.1, 0.15) is 0 Å². The minimum atomic E-state index is -0.408.